The largest absolute Gasteiger partial charge is 0.308 e. The number of hydrogen-bond acceptors (Lipinski definition) is 4. The fourth-order valence-corrected chi connectivity index (χ4v) is 3.63. The molecule has 1 N–H and O–H groups in total. The first-order valence-corrected chi connectivity index (χ1v) is 8.04. The van der Waals surface area contributed by atoms with Crippen molar-refractivity contribution in [3.05, 3.63) is 34.7 Å². The van der Waals surface area contributed by atoms with E-state index in [1.165, 1.54) is 11.8 Å². The van der Waals surface area contributed by atoms with Crippen LogP contribution in [0.3, 0.4) is 0 Å². The average Bonchev–Trinajstić information content (AvgIpc) is 2.93. The zero-order valence-electron chi connectivity index (χ0n) is 11.5. The number of fused-ring (bicyclic) bond motifs is 1. The molecule has 0 aromatic heterocycles. The fraction of sp³-hybridized carbons (Fsp3) is 0.267. The lowest BCUT2D eigenvalue weighted by atomic mass is 10.1. The highest BCUT2D eigenvalue weighted by atomic mass is 32.2. The number of nitrogens with zero attached hydrogens (tertiary/aromatic N) is 1. The first kappa shape index (κ1) is 14.3. The Labute approximate surface area is 132 Å². The maximum Gasteiger partial charge on any atom is 0.264 e. The molecule has 2 amide bonds. The van der Waals surface area contributed by atoms with Crippen LogP contribution in [0.4, 0.5) is 5.69 Å². The second-order valence-corrected chi connectivity index (χ2v) is 6.56. The first-order chi connectivity index (χ1) is 10.1. The lowest BCUT2D eigenvalue weighted by Crippen LogP contribution is -2.28. The van der Waals surface area contributed by atoms with Crippen molar-refractivity contribution in [2.24, 2.45) is 0 Å². The second kappa shape index (κ2) is 5.61. The normalized spacial score (nSPS) is 21.0. The number of para-hydroxylation sites is 1. The Morgan fingerprint density at radius 2 is 2.05 bits per heavy atom. The van der Waals surface area contributed by atoms with Gasteiger partial charge in [0.25, 0.3) is 11.8 Å². The number of nitrogens with one attached hydrogen (secondary N) is 1. The Kier molecular flexibility index (Phi) is 3.82. The summed E-state index contributed by atoms with van der Waals surface area (Å²) in [5, 5.41) is 2.58. The minimum Gasteiger partial charge on any atom is -0.308 e. The summed E-state index contributed by atoms with van der Waals surface area (Å²) < 4.78 is 0.403. The van der Waals surface area contributed by atoms with E-state index in [0.29, 0.717) is 21.3 Å². The van der Waals surface area contributed by atoms with Crippen LogP contribution in [-0.4, -0.2) is 22.7 Å². The minimum absolute atomic E-state index is 0.105. The Morgan fingerprint density at radius 1 is 1.29 bits per heavy atom. The molecule has 0 bridgehead atoms. The molecule has 0 radical (unpaired) electrons. The molecular formula is C15H14N2O2S2. The fourth-order valence-electron chi connectivity index (χ4n) is 2.52. The van der Waals surface area contributed by atoms with E-state index in [9.17, 15) is 9.59 Å². The maximum absolute atomic E-state index is 12.7. The Morgan fingerprint density at radius 3 is 2.71 bits per heavy atom. The summed E-state index contributed by atoms with van der Waals surface area (Å²) >= 11 is 6.18. The van der Waals surface area contributed by atoms with Gasteiger partial charge >= 0.3 is 0 Å². The third kappa shape index (κ3) is 2.38. The summed E-state index contributed by atoms with van der Waals surface area (Å²) in [7, 11) is 0. The van der Waals surface area contributed by atoms with Gasteiger partial charge in [-0.2, -0.15) is 0 Å². The smallest absolute Gasteiger partial charge is 0.264 e. The molecular weight excluding hydrogens is 304 g/mol. The van der Waals surface area contributed by atoms with E-state index in [0.717, 1.165) is 24.1 Å². The van der Waals surface area contributed by atoms with Crippen LogP contribution in [0.5, 0.6) is 0 Å². The molecule has 1 saturated heterocycles. The number of carbonyl (C=O) groups excluding carboxylic acids is 2. The summed E-state index contributed by atoms with van der Waals surface area (Å²) in [6.45, 7) is 2.75. The van der Waals surface area contributed by atoms with Crippen molar-refractivity contribution in [1.29, 1.82) is 0 Å². The number of anilines is 1. The van der Waals surface area contributed by atoms with Crippen LogP contribution in [-0.2, 0) is 9.59 Å². The topological polar surface area (TPSA) is 49.4 Å². The molecule has 1 aromatic carbocycles. The predicted octanol–water partition coefficient (Wildman–Crippen LogP) is 2.69. The number of carbonyl (C=O) groups is 2. The molecule has 0 aliphatic carbocycles. The van der Waals surface area contributed by atoms with Gasteiger partial charge in [-0.25, -0.2) is 0 Å². The van der Waals surface area contributed by atoms with Gasteiger partial charge in [-0.15, -0.1) is 0 Å². The standard InChI is InChI=1S/C15H14N2O2S2/c1-2-3-8-17-10-7-5-4-6-9(10)11(14(17)19)12-13(18)16-15(20)21-12/h4-7H,2-3,8H2,1H3,(H,16,18,20)/b12-11+. The van der Waals surface area contributed by atoms with E-state index in [4.69, 9.17) is 12.2 Å². The van der Waals surface area contributed by atoms with E-state index in [1.54, 1.807) is 4.90 Å². The van der Waals surface area contributed by atoms with Gasteiger partial charge in [0.1, 0.15) is 4.32 Å². The predicted molar refractivity (Wildman–Crippen MR) is 89.0 cm³/mol. The molecule has 21 heavy (non-hydrogen) atoms. The Hall–Kier alpha value is -1.66. The number of hydrogen-bond donors (Lipinski definition) is 1. The molecule has 1 fully saturated rings. The zero-order valence-corrected chi connectivity index (χ0v) is 13.1. The van der Waals surface area contributed by atoms with Crippen molar-refractivity contribution in [3.63, 3.8) is 0 Å². The first-order valence-electron chi connectivity index (χ1n) is 6.82. The number of benzene rings is 1. The number of unbranched alkanes of at least 4 members (excludes halogenated alkanes) is 1. The summed E-state index contributed by atoms with van der Waals surface area (Å²) in [5.74, 6) is -0.382. The second-order valence-electron chi connectivity index (χ2n) is 4.88. The minimum atomic E-state index is -0.277. The summed E-state index contributed by atoms with van der Waals surface area (Å²) in [4.78, 5) is 26.9. The summed E-state index contributed by atoms with van der Waals surface area (Å²) in [6.07, 6.45) is 1.94. The highest BCUT2D eigenvalue weighted by Gasteiger charge is 2.38. The summed E-state index contributed by atoms with van der Waals surface area (Å²) in [5.41, 5.74) is 2.18. The van der Waals surface area contributed by atoms with Gasteiger partial charge in [-0.1, -0.05) is 55.5 Å². The molecule has 2 aliphatic rings. The molecule has 0 spiro atoms. The van der Waals surface area contributed by atoms with Gasteiger partial charge in [-0.05, 0) is 12.5 Å². The van der Waals surface area contributed by atoms with Gasteiger partial charge in [0.2, 0.25) is 0 Å². The van der Waals surface area contributed by atoms with Gasteiger partial charge in [0.05, 0.1) is 16.2 Å². The monoisotopic (exact) mass is 318 g/mol. The van der Waals surface area contributed by atoms with Gasteiger partial charge in [0, 0.05) is 12.1 Å². The highest BCUT2D eigenvalue weighted by Crippen LogP contribution is 2.42. The molecule has 0 unspecified atom stereocenters. The Balaban J connectivity index is 2.11. The van der Waals surface area contributed by atoms with Crippen molar-refractivity contribution in [1.82, 2.24) is 5.32 Å². The van der Waals surface area contributed by atoms with E-state index in [-0.39, 0.29) is 11.8 Å². The van der Waals surface area contributed by atoms with Crippen molar-refractivity contribution < 1.29 is 9.59 Å². The SMILES string of the molecule is CCCCN1C(=O)/C(=C2/SC(=S)NC2=O)c2ccccc21. The third-order valence-electron chi connectivity index (χ3n) is 3.50. The van der Waals surface area contributed by atoms with Gasteiger partial charge < -0.3 is 10.2 Å². The zero-order chi connectivity index (χ0) is 15.0. The van der Waals surface area contributed by atoms with Crippen molar-refractivity contribution in [2.75, 3.05) is 11.4 Å². The summed E-state index contributed by atoms with van der Waals surface area (Å²) in [6, 6.07) is 7.60. The molecule has 2 aliphatic heterocycles. The third-order valence-corrected chi connectivity index (χ3v) is 4.74. The van der Waals surface area contributed by atoms with E-state index < -0.39 is 0 Å². The van der Waals surface area contributed by atoms with Crippen LogP contribution in [0.1, 0.15) is 25.3 Å². The highest BCUT2D eigenvalue weighted by molar-refractivity contribution is 8.27. The van der Waals surface area contributed by atoms with Crippen LogP contribution in [0.2, 0.25) is 0 Å². The molecule has 6 heteroatoms. The Bertz CT molecular complexity index is 682. The van der Waals surface area contributed by atoms with Crippen LogP contribution >= 0.6 is 24.0 Å². The van der Waals surface area contributed by atoms with Crippen LogP contribution in [0, 0.1) is 0 Å². The van der Waals surface area contributed by atoms with Gasteiger partial charge in [0.15, 0.2) is 0 Å². The van der Waals surface area contributed by atoms with Crippen molar-refractivity contribution in [3.8, 4) is 0 Å². The molecule has 0 atom stereocenters. The lowest BCUT2D eigenvalue weighted by molar-refractivity contribution is -0.116. The molecule has 2 heterocycles. The number of amides is 2. The quantitative estimate of drug-likeness (QED) is 0.688. The van der Waals surface area contributed by atoms with Crippen molar-refractivity contribution in [2.45, 2.75) is 19.8 Å². The van der Waals surface area contributed by atoms with Crippen LogP contribution in [0.25, 0.3) is 5.57 Å². The molecule has 1 aromatic rings. The number of rotatable bonds is 3. The van der Waals surface area contributed by atoms with E-state index in [2.05, 4.69) is 12.2 Å². The van der Waals surface area contributed by atoms with Crippen molar-refractivity contribution >= 4 is 51.4 Å². The van der Waals surface area contributed by atoms with Crippen LogP contribution in [0.15, 0.2) is 29.2 Å². The molecule has 0 saturated carbocycles. The average molecular weight is 318 g/mol. The van der Waals surface area contributed by atoms with E-state index in [1.807, 2.05) is 24.3 Å². The molecule has 3 rings (SSSR count). The molecule has 4 nitrogen and oxygen atoms in total. The van der Waals surface area contributed by atoms with E-state index >= 15 is 0 Å². The molecule has 108 valence electrons. The van der Waals surface area contributed by atoms with Gasteiger partial charge in [-0.3, -0.25) is 9.59 Å². The number of thiocarbonyl (C=S) groups is 1. The van der Waals surface area contributed by atoms with Crippen LogP contribution < -0.4 is 10.2 Å². The maximum atomic E-state index is 12.7. The number of thioether (sulfide) groups is 1. The lowest BCUT2D eigenvalue weighted by Gasteiger charge is -2.16.